The first-order valence-corrected chi connectivity index (χ1v) is 6.59. The van der Waals surface area contributed by atoms with Crippen molar-refractivity contribution in [3.63, 3.8) is 0 Å². The zero-order valence-electron chi connectivity index (χ0n) is 11.6. The molecule has 1 fully saturated rings. The van der Waals surface area contributed by atoms with Crippen molar-refractivity contribution in [2.24, 2.45) is 5.92 Å². The average Bonchev–Trinajstić information content (AvgIpc) is 2.77. The highest BCUT2D eigenvalue weighted by atomic mass is 16.2. The summed E-state index contributed by atoms with van der Waals surface area (Å²) in [6, 6.07) is -0.385. The molecular formula is C13H20N4O2. The number of nitrogens with one attached hydrogen (secondary N) is 2. The van der Waals surface area contributed by atoms with Crippen molar-refractivity contribution >= 4 is 11.8 Å². The Morgan fingerprint density at radius 3 is 2.89 bits per heavy atom. The van der Waals surface area contributed by atoms with E-state index >= 15 is 0 Å². The Bertz CT molecular complexity index is 481. The second kappa shape index (κ2) is 5.42. The van der Waals surface area contributed by atoms with Crippen molar-refractivity contribution in [1.29, 1.82) is 0 Å². The maximum Gasteiger partial charge on any atom is 0.272 e. The molecular weight excluding hydrogens is 244 g/mol. The van der Waals surface area contributed by atoms with Gasteiger partial charge >= 0.3 is 0 Å². The van der Waals surface area contributed by atoms with Gasteiger partial charge in [0.2, 0.25) is 5.91 Å². The Labute approximate surface area is 112 Å². The van der Waals surface area contributed by atoms with E-state index in [0.717, 1.165) is 5.56 Å². The highest BCUT2D eigenvalue weighted by Gasteiger charge is 2.34. The summed E-state index contributed by atoms with van der Waals surface area (Å²) in [5, 5.41) is 9.41. The number of aromatic amines is 1. The molecule has 0 radical (unpaired) electrons. The van der Waals surface area contributed by atoms with E-state index < -0.39 is 0 Å². The van der Waals surface area contributed by atoms with Crippen LogP contribution < -0.4 is 5.32 Å². The van der Waals surface area contributed by atoms with E-state index in [1.807, 2.05) is 20.8 Å². The lowest BCUT2D eigenvalue weighted by Crippen LogP contribution is -2.57. The number of carbonyl (C=O) groups excluding carboxylic acids is 2. The standard InChI is InChI=1S/C13H20N4O2/c1-8(2)6-10-12(18)14-4-5-17(10)13(19)11-9(3)7-15-16-11/h7-8,10H,4-6H2,1-3H3,(H,14,18)(H,15,16)/t10-/m1/s1. The molecule has 0 bridgehead atoms. The Hall–Kier alpha value is -1.85. The Kier molecular flexibility index (Phi) is 3.87. The number of H-pyrrole nitrogens is 1. The van der Waals surface area contributed by atoms with Crippen LogP contribution in [-0.4, -0.2) is 46.0 Å². The lowest BCUT2D eigenvalue weighted by molar-refractivity contribution is -0.128. The monoisotopic (exact) mass is 264 g/mol. The number of piperazine rings is 1. The molecule has 2 heterocycles. The number of aromatic nitrogens is 2. The summed E-state index contributed by atoms with van der Waals surface area (Å²) in [5.74, 6) is 0.146. The van der Waals surface area contributed by atoms with Gasteiger partial charge in [-0.1, -0.05) is 13.8 Å². The maximum absolute atomic E-state index is 12.5. The van der Waals surface area contributed by atoms with E-state index in [0.29, 0.717) is 31.1 Å². The van der Waals surface area contributed by atoms with E-state index in [2.05, 4.69) is 15.5 Å². The first-order chi connectivity index (χ1) is 9.00. The third-order valence-electron chi connectivity index (χ3n) is 3.33. The highest BCUT2D eigenvalue weighted by molar-refractivity contribution is 5.97. The zero-order valence-corrected chi connectivity index (χ0v) is 11.6. The Morgan fingerprint density at radius 1 is 1.58 bits per heavy atom. The average molecular weight is 264 g/mol. The molecule has 1 aromatic heterocycles. The smallest absolute Gasteiger partial charge is 0.272 e. The van der Waals surface area contributed by atoms with Crippen LogP contribution in [0.15, 0.2) is 6.20 Å². The molecule has 0 unspecified atom stereocenters. The first kappa shape index (κ1) is 13.6. The van der Waals surface area contributed by atoms with Gasteiger partial charge in [-0.2, -0.15) is 5.10 Å². The summed E-state index contributed by atoms with van der Waals surface area (Å²) >= 11 is 0. The maximum atomic E-state index is 12.5. The van der Waals surface area contributed by atoms with E-state index in [-0.39, 0.29) is 17.9 Å². The largest absolute Gasteiger partial charge is 0.353 e. The number of carbonyl (C=O) groups is 2. The molecule has 1 saturated heterocycles. The lowest BCUT2D eigenvalue weighted by atomic mass is 9.99. The molecule has 1 atom stereocenters. The van der Waals surface area contributed by atoms with Crippen LogP contribution in [0.25, 0.3) is 0 Å². The second-order valence-corrected chi connectivity index (χ2v) is 5.36. The predicted octanol–water partition coefficient (Wildman–Crippen LogP) is 0.705. The predicted molar refractivity (Wildman–Crippen MR) is 70.6 cm³/mol. The molecule has 0 saturated carbocycles. The Balaban J connectivity index is 2.22. The number of hydrogen-bond acceptors (Lipinski definition) is 3. The van der Waals surface area contributed by atoms with Gasteiger partial charge in [-0.3, -0.25) is 14.7 Å². The van der Waals surface area contributed by atoms with E-state index in [4.69, 9.17) is 0 Å². The minimum absolute atomic E-state index is 0.0644. The van der Waals surface area contributed by atoms with Gasteiger partial charge in [0, 0.05) is 13.1 Å². The van der Waals surface area contributed by atoms with Gasteiger partial charge in [-0.15, -0.1) is 0 Å². The van der Waals surface area contributed by atoms with Gasteiger partial charge in [0.25, 0.3) is 5.91 Å². The van der Waals surface area contributed by atoms with Crippen molar-refractivity contribution in [2.75, 3.05) is 13.1 Å². The number of rotatable bonds is 3. The van der Waals surface area contributed by atoms with Crippen molar-refractivity contribution in [2.45, 2.75) is 33.2 Å². The van der Waals surface area contributed by atoms with Gasteiger partial charge in [-0.05, 0) is 24.8 Å². The molecule has 2 rings (SSSR count). The van der Waals surface area contributed by atoms with Gasteiger partial charge < -0.3 is 10.2 Å². The summed E-state index contributed by atoms with van der Waals surface area (Å²) in [7, 11) is 0. The normalized spacial score (nSPS) is 19.7. The van der Waals surface area contributed by atoms with Crippen molar-refractivity contribution in [3.8, 4) is 0 Å². The van der Waals surface area contributed by atoms with Crippen molar-refractivity contribution < 1.29 is 9.59 Å². The first-order valence-electron chi connectivity index (χ1n) is 6.59. The van der Waals surface area contributed by atoms with E-state index in [1.165, 1.54) is 0 Å². The fourth-order valence-corrected chi connectivity index (χ4v) is 2.35. The summed E-state index contributed by atoms with van der Waals surface area (Å²) in [4.78, 5) is 26.1. The second-order valence-electron chi connectivity index (χ2n) is 5.36. The van der Waals surface area contributed by atoms with Crippen LogP contribution in [0.4, 0.5) is 0 Å². The van der Waals surface area contributed by atoms with Crippen LogP contribution in [0.2, 0.25) is 0 Å². The van der Waals surface area contributed by atoms with Crippen molar-refractivity contribution in [1.82, 2.24) is 20.4 Å². The van der Waals surface area contributed by atoms with Gasteiger partial charge in [0.05, 0.1) is 6.20 Å². The lowest BCUT2D eigenvalue weighted by Gasteiger charge is -2.35. The fraction of sp³-hybridized carbons (Fsp3) is 0.615. The molecule has 0 aromatic carbocycles. The number of nitrogens with zero attached hydrogens (tertiary/aromatic N) is 2. The van der Waals surface area contributed by atoms with E-state index in [1.54, 1.807) is 11.1 Å². The third kappa shape index (κ3) is 2.77. The molecule has 19 heavy (non-hydrogen) atoms. The van der Waals surface area contributed by atoms with Crippen LogP contribution >= 0.6 is 0 Å². The molecule has 1 aliphatic rings. The fourth-order valence-electron chi connectivity index (χ4n) is 2.35. The number of amides is 2. The molecule has 6 heteroatoms. The summed E-state index contributed by atoms with van der Waals surface area (Å²) in [5.41, 5.74) is 1.28. The third-order valence-corrected chi connectivity index (χ3v) is 3.33. The summed E-state index contributed by atoms with van der Waals surface area (Å²) < 4.78 is 0. The van der Waals surface area contributed by atoms with Crippen LogP contribution in [0, 0.1) is 12.8 Å². The number of aryl methyl sites for hydroxylation is 1. The minimum atomic E-state index is -0.385. The molecule has 2 amide bonds. The molecule has 1 aliphatic heterocycles. The molecule has 0 aliphatic carbocycles. The van der Waals surface area contributed by atoms with Crippen LogP contribution in [-0.2, 0) is 4.79 Å². The topological polar surface area (TPSA) is 78.1 Å². The molecule has 104 valence electrons. The SMILES string of the molecule is Cc1cn[nH]c1C(=O)N1CCNC(=O)[C@H]1CC(C)C. The molecule has 1 aromatic rings. The zero-order chi connectivity index (χ0) is 14.0. The van der Waals surface area contributed by atoms with Gasteiger partial charge in [0.1, 0.15) is 11.7 Å². The van der Waals surface area contributed by atoms with Crippen LogP contribution in [0.1, 0.15) is 36.3 Å². The van der Waals surface area contributed by atoms with Gasteiger partial charge in [0.15, 0.2) is 0 Å². The molecule has 0 spiro atoms. The highest BCUT2D eigenvalue weighted by Crippen LogP contribution is 2.18. The quantitative estimate of drug-likeness (QED) is 0.843. The summed E-state index contributed by atoms with van der Waals surface area (Å²) in [6.45, 7) is 6.98. The minimum Gasteiger partial charge on any atom is -0.353 e. The molecule has 6 nitrogen and oxygen atoms in total. The Morgan fingerprint density at radius 2 is 2.32 bits per heavy atom. The van der Waals surface area contributed by atoms with Gasteiger partial charge in [-0.25, -0.2) is 0 Å². The summed E-state index contributed by atoms with van der Waals surface area (Å²) in [6.07, 6.45) is 2.29. The molecule has 2 N–H and O–H groups in total. The van der Waals surface area contributed by atoms with Crippen LogP contribution in [0.5, 0.6) is 0 Å². The van der Waals surface area contributed by atoms with E-state index in [9.17, 15) is 9.59 Å². The van der Waals surface area contributed by atoms with Crippen LogP contribution in [0.3, 0.4) is 0 Å². The van der Waals surface area contributed by atoms with Crippen molar-refractivity contribution in [3.05, 3.63) is 17.5 Å². The number of hydrogen-bond donors (Lipinski definition) is 2.